The number of nitrogens with one attached hydrogen (secondary N) is 2. The Bertz CT molecular complexity index is 1700. The van der Waals surface area contributed by atoms with Crippen molar-refractivity contribution in [3.8, 4) is 34.0 Å². The van der Waals surface area contributed by atoms with Crippen LogP contribution >= 0.6 is 0 Å². The van der Waals surface area contributed by atoms with Gasteiger partial charge in [-0.3, -0.25) is 19.3 Å². The number of benzene rings is 1. The SMILES string of the molecule is Cn1cc(-c2cc(Oc3ccc(NC(=O)Nc4cc(C(F)(F)F)cnc4-c4cnn(C)c4)c(F)c3)ccn2)cn1. The van der Waals surface area contributed by atoms with Crippen molar-refractivity contribution >= 4 is 17.4 Å². The maximum absolute atomic E-state index is 14.8. The summed E-state index contributed by atoms with van der Waals surface area (Å²) >= 11 is 0. The number of aromatic nitrogens is 6. The Kier molecular flexibility index (Phi) is 6.90. The van der Waals surface area contributed by atoms with E-state index in [1.165, 1.54) is 35.4 Å². The van der Waals surface area contributed by atoms with E-state index in [9.17, 15) is 22.4 Å². The van der Waals surface area contributed by atoms with Crippen LogP contribution in [0.5, 0.6) is 11.5 Å². The van der Waals surface area contributed by atoms with Crippen molar-refractivity contribution in [3.05, 3.63) is 85.0 Å². The topological polar surface area (TPSA) is 112 Å². The molecule has 14 heteroatoms. The van der Waals surface area contributed by atoms with Gasteiger partial charge in [-0.2, -0.15) is 23.4 Å². The molecule has 0 saturated heterocycles. The third-order valence-corrected chi connectivity index (χ3v) is 5.60. The molecule has 2 amide bonds. The van der Waals surface area contributed by atoms with Crippen LogP contribution in [0.3, 0.4) is 0 Å². The van der Waals surface area contributed by atoms with Crippen LogP contribution in [0, 0.1) is 5.82 Å². The molecule has 0 atom stereocenters. The number of ether oxygens (including phenoxy) is 1. The molecule has 0 spiro atoms. The molecule has 0 unspecified atom stereocenters. The third-order valence-electron chi connectivity index (χ3n) is 5.60. The molecule has 5 rings (SSSR count). The van der Waals surface area contributed by atoms with E-state index < -0.39 is 23.6 Å². The van der Waals surface area contributed by atoms with Gasteiger partial charge >= 0.3 is 12.2 Å². The van der Waals surface area contributed by atoms with Gasteiger partial charge in [0.2, 0.25) is 0 Å². The summed E-state index contributed by atoms with van der Waals surface area (Å²) in [5.41, 5.74) is 0.292. The Morgan fingerprint density at radius 3 is 2.17 bits per heavy atom. The van der Waals surface area contributed by atoms with Crippen LogP contribution < -0.4 is 15.4 Å². The number of aryl methyl sites for hydroxylation is 2. The van der Waals surface area contributed by atoms with Crippen LogP contribution in [0.4, 0.5) is 33.7 Å². The van der Waals surface area contributed by atoms with E-state index in [-0.39, 0.29) is 22.8 Å². The summed E-state index contributed by atoms with van der Waals surface area (Å²) in [6.45, 7) is 0. The number of urea groups is 1. The molecule has 1 aromatic carbocycles. The molecule has 0 aliphatic carbocycles. The highest BCUT2D eigenvalue weighted by molar-refractivity contribution is 6.02. The number of anilines is 2. The van der Waals surface area contributed by atoms with Crippen LogP contribution in [0.15, 0.2) is 73.6 Å². The molecular weight excluding hydrogens is 532 g/mol. The lowest BCUT2D eigenvalue weighted by molar-refractivity contribution is -0.137. The minimum absolute atomic E-state index is 0.0588. The van der Waals surface area contributed by atoms with E-state index in [1.807, 2.05) is 0 Å². The summed E-state index contributed by atoms with van der Waals surface area (Å²) in [7, 11) is 3.40. The van der Waals surface area contributed by atoms with Crippen LogP contribution in [0.2, 0.25) is 0 Å². The van der Waals surface area contributed by atoms with Gasteiger partial charge in [0.05, 0.1) is 40.7 Å². The zero-order valence-electron chi connectivity index (χ0n) is 20.9. The molecule has 0 aliphatic heterocycles. The van der Waals surface area contributed by atoms with Gasteiger partial charge in [-0.1, -0.05) is 0 Å². The van der Waals surface area contributed by atoms with Crippen LogP contribution in [0.1, 0.15) is 5.56 Å². The van der Waals surface area contributed by atoms with Crippen molar-refractivity contribution in [1.29, 1.82) is 0 Å². The molecule has 40 heavy (non-hydrogen) atoms. The second-order valence-electron chi connectivity index (χ2n) is 8.62. The summed E-state index contributed by atoms with van der Waals surface area (Å²) in [4.78, 5) is 20.8. The first-order chi connectivity index (χ1) is 19.0. The second-order valence-corrected chi connectivity index (χ2v) is 8.62. The summed E-state index contributed by atoms with van der Waals surface area (Å²) in [5, 5.41) is 12.7. The summed E-state index contributed by atoms with van der Waals surface area (Å²) in [6, 6.07) is 6.78. The lowest BCUT2D eigenvalue weighted by Gasteiger charge is -2.14. The standard InChI is InChI=1S/C26H20F4N8O2/c1-37-13-15(10-33-37)22-9-19(5-6-31-22)40-18-3-4-21(20(27)8-18)35-25(39)36-23-7-17(26(28,29)30)12-32-24(23)16-11-34-38(2)14-16/h3-14H,1-2H3,(H2,35,36,39). The first-order valence-electron chi connectivity index (χ1n) is 11.6. The molecular formula is C26H20F4N8O2. The smallest absolute Gasteiger partial charge is 0.417 e. The lowest BCUT2D eigenvalue weighted by atomic mass is 10.1. The molecule has 4 heterocycles. The largest absolute Gasteiger partial charge is 0.457 e. The number of nitrogens with zero attached hydrogens (tertiary/aromatic N) is 6. The highest BCUT2D eigenvalue weighted by Gasteiger charge is 2.32. The average Bonchev–Trinajstić information content (AvgIpc) is 3.53. The molecule has 0 aliphatic rings. The molecule has 4 aromatic heterocycles. The lowest BCUT2D eigenvalue weighted by Crippen LogP contribution is -2.21. The van der Waals surface area contributed by atoms with Gasteiger partial charge in [0.1, 0.15) is 17.3 Å². The Morgan fingerprint density at radius 2 is 1.52 bits per heavy atom. The molecule has 0 fully saturated rings. The van der Waals surface area contributed by atoms with Crippen molar-refractivity contribution in [2.75, 3.05) is 10.6 Å². The highest BCUT2D eigenvalue weighted by Crippen LogP contribution is 2.34. The fourth-order valence-corrected chi connectivity index (χ4v) is 3.75. The van der Waals surface area contributed by atoms with E-state index in [0.29, 0.717) is 23.2 Å². The first-order valence-corrected chi connectivity index (χ1v) is 11.6. The predicted octanol–water partition coefficient (Wildman–Crippen LogP) is 5.87. The van der Waals surface area contributed by atoms with Crippen molar-refractivity contribution in [3.63, 3.8) is 0 Å². The van der Waals surface area contributed by atoms with Crippen LogP contribution in [0.25, 0.3) is 22.5 Å². The van der Waals surface area contributed by atoms with Gasteiger partial charge in [0.15, 0.2) is 0 Å². The molecule has 0 saturated carbocycles. The van der Waals surface area contributed by atoms with E-state index in [0.717, 1.165) is 17.7 Å². The van der Waals surface area contributed by atoms with Gasteiger partial charge in [0, 0.05) is 62.1 Å². The normalized spacial score (nSPS) is 11.3. The van der Waals surface area contributed by atoms with Crippen molar-refractivity contribution < 1.29 is 27.1 Å². The third kappa shape index (κ3) is 5.90. The van der Waals surface area contributed by atoms with Gasteiger partial charge in [-0.25, -0.2) is 9.18 Å². The number of hydrogen-bond donors (Lipinski definition) is 2. The van der Waals surface area contributed by atoms with E-state index in [4.69, 9.17) is 4.74 Å². The molecule has 5 aromatic rings. The number of hydrogen-bond acceptors (Lipinski definition) is 6. The predicted molar refractivity (Wildman–Crippen MR) is 137 cm³/mol. The molecule has 10 nitrogen and oxygen atoms in total. The number of halogens is 4. The fraction of sp³-hybridized carbons (Fsp3) is 0.115. The monoisotopic (exact) mass is 552 g/mol. The molecule has 204 valence electrons. The number of amides is 2. The Labute approximate surface area is 224 Å². The first kappa shape index (κ1) is 26.3. The van der Waals surface area contributed by atoms with Crippen LogP contribution in [-0.4, -0.2) is 35.6 Å². The number of carbonyl (C=O) groups excluding carboxylic acids is 1. The van der Waals surface area contributed by atoms with Crippen molar-refractivity contribution in [2.45, 2.75) is 6.18 Å². The zero-order chi connectivity index (χ0) is 28.4. The van der Waals surface area contributed by atoms with Crippen LogP contribution in [-0.2, 0) is 20.3 Å². The summed E-state index contributed by atoms with van der Waals surface area (Å²) in [5.74, 6) is -0.289. The Balaban J connectivity index is 1.32. The second kappa shape index (κ2) is 10.5. The fourth-order valence-electron chi connectivity index (χ4n) is 3.75. The molecule has 0 bridgehead atoms. The summed E-state index contributed by atoms with van der Waals surface area (Å²) < 4.78 is 63.5. The molecule has 2 N–H and O–H groups in total. The molecule has 0 radical (unpaired) electrons. The Morgan fingerprint density at radius 1 is 0.850 bits per heavy atom. The number of alkyl halides is 3. The highest BCUT2D eigenvalue weighted by atomic mass is 19.4. The number of carbonyl (C=O) groups is 1. The minimum Gasteiger partial charge on any atom is -0.457 e. The number of pyridine rings is 2. The van der Waals surface area contributed by atoms with Gasteiger partial charge in [-0.15, -0.1) is 0 Å². The van der Waals surface area contributed by atoms with Crippen molar-refractivity contribution in [2.24, 2.45) is 14.1 Å². The quantitative estimate of drug-likeness (QED) is 0.255. The van der Waals surface area contributed by atoms with E-state index in [2.05, 4.69) is 30.8 Å². The zero-order valence-corrected chi connectivity index (χ0v) is 20.9. The van der Waals surface area contributed by atoms with Crippen molar-refractivity contribution in [1.82, 2.24) is 29.5 Å². The minimum atomic E-state index is -4.69. The number of rotatable bonds is 6. The van der Waals surface area contributed by atoms with Gasteiger partial charge in [-0.05, 0) is 24.3 Å². The maximum atomic E-state index is 14.8. The van der Waals surface area contributed by atoms with Gasteiger partial charge < -0.3 is 15.4 Å². The summed E-state index contributed by atoms with van der Waals surface area (Å²) in [6.07, 6.45) is 3.85. The average molecular weight is 552 g/mol. The maximum Gasteiger partial charge on any atom is 0.417 e. The van der Waals surface area contributed by atoms with E-state index >= 15 is 0 Å². The Hall–Kier alpha value is -5.27. The van der Waals surface area contributed by atoms with Gasteiger partial charge in [0.25, 0.3) is 0 Å². The van der Waals surface area contributed by atoms with E-state index in [1.54, 1.807) is 43.3 Å².